The highest BCUT2D eigenvalue weighted by Gasteiger charge is 2.17. The van der Waals surface area contributed by atoms with E-state index in [0.29, 0.717) is 22.7 Å². The molecule has 0 radical (unpaired) electrons. The third-order valence-corrected chi connectivity index (χ3v) is 4.03. The molecule has 0 saturated heterocycles. The Morgan fingerprint density at radius 1 is 1.13 bits per heavy atom. The number of ether oxygens (including phenoxy) is 3. The van der Waals surface area contributed by atoms with Crippen LogP contribution in [0.4, 0.5) is 5.69 Å². The molecule has 0 unspecified atom stereocenters. The van der Waals surface area contributed by atoms with Gasteiger partial charge in [-0.1, -0.05) is 12.1 Å². The summed E-state index contributed by atoms with van der Waals surface area (Å²) in [5.41, 5.74) is 0.980. The maximum Gasteiger partial charge on any atom is 0.338 e. The molecule has 0 aromatic heterocycles. The quantitative estimate of drug-likeness (QED) is 0.603. The second-order valence-electron chi connectivity index (χ2n) is 4.67. The number of anilines is 1. The topological polar surface area (TPSA) is 73.9 Å². The number of benzene rings is 2. The van der Waals surface area contributed by atoms with Crippen molar-refractivity contribution in [2.45, 2.75) is 0 Å². The molecule has 1 aliphatic rings. The molecule has 0 bridgehead atoms. The number of rotatable bonds is 4. The fourth-order valence-corrected chi connectivity index (χ4v) is 2.51. The molecule has 1 amide bonds. The van der Waals surface area contributed by atoms with E-state index in [0.717, 1.165) is 3.57 Å². The van der Waals surface area contributed by atoms with Gasteiger partial charge in [-0.3, -0.25) is 4.79 Å². The van der Waals surface area contributed by atoms with Crippen LogP contribution in [0.2, 0.25) is 0 Å². The zero-order valence-corrected chi connectivity index (χ0v) is 14.0. The number of fused-ring (bicyclic) bond motifs is 1. The van der Waals surface area contributed by atoms with Crippen molar-refractivity contribution in [2.75, 3.05) is 18.7 Å². The molecule has 0 spiro atoms. The molecule has 1 aliphatic heterocycles. The summed E-state index contributed by atoms with van der Waals surface area (Å²) >= 11 is 2.11. The number of hydrogen-bond acceptors (Lipinski definition) is 5. The molecule has 6 nitrogen and oxygen atoms in total. The van der Waals surface area contributed by atoms with Gasteiger partial charge in [-0.2, -0.15) is 0 Å². The van der Waals surface area contributed by atoms with E-state index in [1.807, 2.05) is 18.2 Å². The van der Waals surface area contributed by atoms with Crippen molar-refractivity contribution < 1.29 is 23.8 Å². The number of hydrogen-bond donors (Lipinski definition) is 1. The minimum atomic E-state index is -0.596. The van der Waals surface area contributed by atoms with Crippen molar-refractivity contribution in [1.29, 1.82) is 0 Å². The van der Waals surface area contributed by atoms with Gasteiger partial charge in [-0.15, -0.1) is 0 Å². The number of halogens is 1. The summed E-state index contributed by atoms with van der Waals surface area (Å²) in [5.74, 6) is 0.0742. The average Bonchev–Trinajstić information content (AvgIpc) is 3.02. The molecule has 1 N–H and O–H groups in total. The van der Waals surface area contributed by atoms with Crippen LogP contribution in [0.15, 0.2) is 42.5 Å². The fraction of sp³-hybridized carbons (Fsp3) is 0.125. The van der Waals surface area contributed by atoms with E-state index < -0.39 is 11.9 Å². The van der Waals surface area contributed by atoms with Crippen LogP contribution in [0.3, 0.4) is 0 Å². The zero-order chi connectivity index (χ0) is 16.2. The lowest BCUT2D eigenvalue weighted by atomic mass is 10.2. The van der Waals surface area contributed by atoms with Gasteiger partial charge in [-0.05, 0) is 52.9 Å². The third-order valence-electron chi connectivity index (χ3n) is 3.09. The monoisotopic (exact) mass is 425 g/mol. The van der Waals surface area contributed by atoms with Gasteiger partial charge in [0.15, 0.2) is 18.1 Å². The first kappa shape index (κ1) is 15.6. The normalized spacial score (nSPS) is 11.9. The molecular formula is C16H12INO5. The van der Waals surface area contributed by atoms with E-state index in [-0.39, 0.29) is 13.4 Å². The second-order valence-corrected chi connectivity index (χ2v) is 5.83. The molecule has 3 rings (SSSR count). The smallest absolute Gasteiger partial charge is 0.338 e. The predicted octanol–water partition coefficient (Wildman–Crippen LogP) is 2.82. The summed E-state index contributed by atoms with van der Waals surface area (Å²) in [6, 6.07) is 12.1. The summed E-state index contributed by atoms with van der Waals surface area (Å²) in [6.07, 6.45) is 0. The number of esters is 1. The van der Waals surface area contributed by atoms with Gasteiger partial charge in [0.1, 0.15) is 0 Å². The second kappa shape index (κ2) is 6.86. The van der Waals surface area contributed by atoms with Crippen LogP contribution in [0.25, 0.3) is 0 Å². The molecule has 2 aromatic rings. The SMILES string of the molecule is O=C(COC(=O)c1ccc2c(c1)OCO2)Nc1ccccc1I. The molecule has 1 heterocycles. The lowest BCUT2D eigenvalue weighted by molar-refractivity contribution is -0.119. The summed E-state index contributed by atoms with van der Waals surface area (Å²) < 4.78 is 16.3. The van der Waals surface area contributed by atoms with Gasteiger partial charge in [0.05, 0.1) is 11.3 Å². The highest BCUT2D eigenvalue weighted by atomic mass is 127. The van der Waals surface area contributed by atoms with Crippen LogP contribution in [0, 0.1) is 3.57 Å². The van der Waals surface area contributed by atoms with Crippen LogP contribution >= 0.6 is 22.6 Å². The predicted molar refractivity (Wildman–Crippen MR) is 90.6 cm³/mol. The first-order valence-corrected chi connectivity index (χ1v) is 7.82. The first-order chi connectivity index (χ1) is 11.1. The fourth-order valence-electron chi connectivity index (χ4n) is 1.99. The molecular weight excluding hydrogens is 413 g/mol. The van der Waals surface area contributed by atoms with Crippen molar-refractivity contribution in [1.82, 2.24) is 0 Å². The van der Waals surface area contributed by atoms with Crippen molar-refractivity contribution in [3.8, 4) is 11.5 Å². The Balaban J connectivity index is 1.56. The highest BCUT2D eigenvalue weighted by Crippen LogP contribution is 2.32. The molecule has 0 aliphatic carbocycles. The van der Waals surface area contributed by atoms with Crippen molar-refractivity contribution in [3.05, 3.63) is 51.6 Å². The number of amides is 1. The van der Waals surface area contributed by atoms with Crippen LogP contribution < -0.4 is 14.8 Å². The lowest BCUT2D eigenvalue weighted by Gasteiger charge is -2.08. The number of nitrogens with one attached hydrogen (secondary N) is 1. The summed E-state index contributed by atoms with van der Waals surface area (Å²) in [4.78, 5) is 23.8. The minimum absolute atomic E-state index is 0.131. The van der Waals surface area contributed by atoms with Crippen LogP contribution in [0.5, 0.6) is 11.5 Å². The van der Waals surface area contributed by atoms with Gasteiger partial charge in [0.25, 0.3) is 5.91 Å². The third kappa shape index (κ3) is 3.73. The van der Waals surface area contributed by atoms with E-state index >= 15 is 0 Å². The maximum absolute atomic E-state index is 12.0. The summed E-state index contributed by atoms with van der Waals surface area (Å²) in [6.45, 7) is -0.232. The minimum Gasteiger partial charge on any atom is -0.454 e. The standard InChI is InChI=1S/C16H12INO5/c17-11-3-1-2-4-12(11)18-15(19)8-21-16(20)10-5-6-13-14(7-10)23-9-22-13/h1-7H,8-9H2,(H,18,19). The molecule has 23 heavy (non-hydrogen) atoms. The Bertz CT molecular complexity index is 762. The Kier molecular flexibility index (Phi) is 4.65. The molecule has 0 fully saturated rings. The van der Waals surface area contributed by atoms with Crippen LogP contribution in [-0.4, -0.2) is 25.3 Å². The average molecular weight is 425 g/mol. The Morgan fingerprint density at radius 3 is 2.74 bits per heavy atom. The first-order valence-electron chi connectivity index (χ1n) is 6.74. The highest BCUT2D eigenvalue weighted by molar-refractivity contribution is 14.1. The van der Waals surface area contributed by atoms with E-state index in [1.54, 1.807) is 18.2 Å². The van der Waals surface area contributed by atoms with E-state index in [9.17, 15) is 9.59 Å². The molecule has 0 atom stereocenters. The van der Waals surface area contributed by atoms with E-state index in [4.69, 9.17) is 14.2 Å². The van der Waals surface area contributed by atoms with Crippen LogP contribution in [-0.2, 0) is 9.53 Å². The molecule has 2 aromatic carbocycles. The van der Waals surface area contributed by atoms with Gasteiger partial charge in [-0.25, -0.2) is 4.79 Å². The largest absolute Gasteiger partial charge is 0.454 e. The van der Waals surface area contributed by atoms with E-state index in [1.165, 1.54) is 6.07 Å². The van der Waals surface area contributed by atoms with E-state index in [2.05, 4.69) is 27.9 Å². The molecule has 0 saturated carbocycles. The Hall–Kier alpha value is -2.29. The molecule has 7 heteroatoms. The number of carbonyl (C=O) groups is 2. The Labute approximate surface area is 145 Å². The van der Waals surface area contributed by atoms with Crippen molar-refractivity contribution in [2.24, 2.45) is 0 Å². The number of carbonyl (C=O) groups excluding carboxylic acids is 2. The summed E-state index contributed by atoms with van der Waals surface area (Å²) in [5, 5.41) is 2.69. The van der Waals surface area contributed by atoms with Crippen molar-refractivity contribution >= 4 is 40.2 Å². The van der Waals surface area contributed by atoms with Gasteiger partial charge < -0.3 is 19.5 Å². The maximum atomic E-state index is 12.0. The van der Waals surface area contributed by atoms with Gasteiger partial charge in [0, 0.05) is 3.57 Å². The zero-order valence-electron chi connectivity index (χ0n) is 11.9. The summed E-state index contributed by atoms with van der Waals surface area (Å²) in [7, 11) is 0. The van der Waals surface area contributed by atoms with Gasteiger partial charge >= 0.3 is 5.97 Å². The molecule has 118 valence electrons. The number of para-hydroxylation sites is 1. The van der Waals surface area contributed by atoms with Crippen molar-refractivity contribution in [3.63, 3.8) is 0 Å². The lowest BCUT2D eigenvalue weighted by Crippen LogP contribution is -2.21. The van der Waals surface area contributed by atoms with Gasteiger partial charge in [0.2, 0.25) is 6.79 Å². The van der Waals surface area contributed by atoms with Crippen LogP contribution in [0.1, 0.15) is 10.4 Å². The Morgan fingerprint density at radius 2 is 1.91 bits per heavy atom.